The van der Waals surface area contributed by atoms with E-state index in [1.165, 1.54) is 6.07 Å². The largest absolute Gasteiger partial charge is 0.429 e. The summed E-state index contributed by atoms with van der Waals surface area (Å²) in [5, 5.41) is 0. The molecule has 4 rings (SSSR count). The topological polar surface area (TPSA) is 9.23 Å². The van der Waals surface area contributed by atoms with Crippen LogP contribution < -0.4 is 4.74 Å². The molecule has 0 aliphatic carbocycles. The maximum atomic E-state index is 14.7. The average molecular weight is 593 g/mol. The van der Waals surface area contributed by atoms with E-state index in [4.69, 9.17) is 0 Å². The van der Waals surface area contributed by atoms with Crippen LogP contribution in [-0.4, -0.2) is 0 Å². The Morgan fingerprint density at radius 2 is 1.33 bits per heavy atom. The van der Waals surface area contributed by atoms with E-state index in [0.29, 0.717) is 42.3 Å². The van der Waals surface area contributed by atoms with Gasteiger partial charge in [0.15, 0.2) is 17.5 Å². The van der Waals surface area contributed by atoms with Gasteiger partial charge >= 0.3 is 6.11 Å². The van der Waals surface area contributed by atoms with Gasteiger partial charge in [-0.15, -0.1) is 0 Å². The minimum absolute atomic E-state index is 0.295. The molecule has 1 nitrogen and oxygen atoms in total. The van der Waals surface area contributed by atoms with Crippen LogP contribution in [0, 0.1) is 52.6 Å². The van der Waals surface area contributed by atoms with Crippen molar-refractivity contribution in [3.8, 4) is 28.7 Å². The average Bonchev–Trinajstić information content (AvgIpc) is 2.90. The molecule has 0 atom stereocenters. The number of hydrogen-bond donors (Lipinski definition) is 0. The van der Waals surface area contributed by atoms with Crippen molar-refractivity contribution >= 4 is 0 Å². The van der Waals surface area contributed by atoms with Gasteiger partial charge < -0.3 is 4.74 Å². The number of hydrogen-bond acceptors (Lipinski definition) is 1. The van der Waals surface area contributed by atoms with Crippen LogP contribution in [0.2, 0.25) is 0 Å². The van der Waals surface area contributed by atoms with Crippen LogP contribution in [0.25, 0.3) is 11.1 Å². The summed E-state index contributed by atoms with van der Waals surface area (Å²) in [4.78, 5) is 0. The van der Waals surface area contributed by atoms with E-state index in [-0.39, 0.29) is 11.1 Å². The van der Waals surface area contributed by atoms with E-state index in [9.17, 15) is 39.5 Å². The number of rotatable bonds is 8. The van der Waals surface area contributed by atoms with Crippen molar-refractivity contribution in [1.82, 2.24) is 0 Å². The fourth-order valence-corrected chi connectivity index (χ4v) is 4.15. The van der Waals surface area contributed by atoms with Gasteiger partial charge in [-0.1, -0.05) is 37.7 Å². The molecule has 0 aliphatic heterocycles. The molecule has 0 heterocycles. The highest BCUT2D eigenvalue weighted by atomic mass is 19.3. The molecule has 42 heavy (non-hydrogen) atoms. The Kier molecular flexibility index (Phi) is 9.20. The van der Waals surface area contributed by atoms with Crippen LogP contribution in [-0.2, 0) is 12.5 Å². The molecule has 10 heteroatoms. The molecule has 0 bridgehead atoms. The number of alkyl halides is 2. The zero-order valence-corrected chi connectivity index (χ0v) is 21.9. The SMILES string of the molecule is CCCCCc1ccc(C(F)(F)Oc2ccc(C#Cc3cc(F)c(-c4cc(F)c(F)c(F)c4)c(F)c3)c(F)c2)c(F)c1. The molecule has 4 aromatic carbocycles. The second-order valence-corrected chi connectivity index (χ2v) is 9.35. The lowest BCUT2D eigenvalue weighted by Gasteiger charge is -2.19. The molecule has 0 saturated heterocycles. The number of unbranched alkanes of at least 4 members (excludes halogenated alkanes) is 2. The van der Waals surface area contributed by atoms with Crippen molar-refractivity contribution in [2.24, 2.45) is 0 Å². The molecule has 0 N–H and O–H groups in total. The third kappa shape index (κ3) is 6.90. The van der Waals surface area contributed by atoms with Crippen LogP contribution >= 0.6 is 0 Å². The van der Waals surface area contributed by atoms with Crippen molar-refractivity contribution in [2.75, 3.05) is 0 Å². The van der Waals surface area contributed by atoms with Crippen LogP contribution in [0.4, 0.5) is 39.5 Å². The van der Waals surface area contributed by atoms with Crippen molar-refractivity contribution in [2.45, 2.75) is 38.7 Å². The molecule has 0 aromatic heterocycles. The van der Waals surface area contributed by atoms with Crippen LogP contribution in [0.15, 0.2) is 60.7 Å². The Balaban J connectivity index is 1.52. The van der Waals surface area contributed by atoms with Gasteiger partial charge in [0.2, 0.25) is 0 Å². The van der Waals surface area contributed by atoms with E-state index in [2.05, 4.69) is 16.6 Å². The van der Waals surface area contributed by atoms with Crippen molar-refractivity contribution in [3.05, 3.63) is 124 Å². The van der Waals surface area contributed by atoms with Gasteiger partial charge in [-0.25, -0.2) is 30.7 Å². The predicted octanol–water partition coefficient (Wildman–Crippen LogP) is 9.59. The molecule has 0 aliphatic rings. The quantitative estimate of drug-likeness (QED) is 0.0857. The summed E-state index contributed by atoms with van der Waals surface area (Å²) in [6.45, 7) is 2.00. The van der Waals surface area contributed by atoms with E-state index in [1.807, 2.05) is 6.92 Å². The molecular formula is C32H21F9O. The fraction of sp³-hybridized carbons (Fsp3) is 0.188. The first-order valence-corrected chi connectivity index (χ1v) is 12.7. The van der Waals surface area contributed by atoms with Gasteiger partial charge in [0.1, 0.15) is 29.0 Å². The molecule has 0 saturated carbocycles. The third-order valence-corrected chi connectivity index (χ3v) is 6.26. The summed E-state index contributed by atoms with van der Waals surface area (Å²) in [5.74, 6) is -5.97. The Bertz CT molecular complexity index is 1640. The van der Waals surface area contributed by atoms with Gasteiger partial charge in [-0.3, -0.25) is 0 Å². The molecule has 0 spiro atoms. The summed E-state index contributed by atoms with van der Waals surface area (Å²) >= 11 is 0. The molecule has 4 aromatic rings. The van der Waals surface area contributed by atoms with Gasteiger partial charge in [0.05, 0.1) is 16.7 Å². The Morgan fingerprint density at radius 3 is 1.93 bits per heavy atom. The number of halogens is 9. The van der Waals surface area contributed by atoms with Crippen molar-refractivity contribution in [3.63, 3.8) is 0 Å². The van der Waals surface area contributed by atoms with E-state index in [1.54, 1.807) is 0 Å². The van der Waals surface area contributed by atoms with Gasteiger partial charge in [0.25, 0.3) is 0 Å². The Labute approximate surface area is 235 Å². The van der Waals surface area contributed by atoms with Gasteiger partial charge in [-0.2, -0.15) is 8.78 Å². The fourth-order valence-electron chi connectivity index (χ4n) is 4.15. The molecule has 0 radical (unpaired) electrons. The number of aryl methyl sites for hydroxylation is 1. The zero-order chi connectivity index (χ0) is 30.6. The molecule has 218 valence electrons. The minimum Gasteiger partial charge on any atom is -0.429 e. The third-order valence-electron chi connectivity index (χ3n) is 6.26. The first-order valence-electron chi connectivity index (χ1n) is 12.7. The lowest BCUT2D eigenvalue weighted by atomic mass is 10.0. The molecular weight excluding hydrogens is 571 g/mol. The smallest absolute Gasteiger partial charge is 0.429 e. The highest BCUT2D eigenvalue weighted by molar-refractivity contribution is 5.66. The number of ether oxygens (including phenoxy) is 1. The van der Waals surface area contributed by atoms with Gasteiger partial charge in [-0.05, 0) is 72.5 Å². The lowest BCUT2D eigenvalue weighted by Crippen LogP contribution is -2.23. The summed E-state index contributed by atoms with van der Waals surface area (Å²) in [7, 11) is 0. The summed E-state index contributed by atoms with van der Waals surface area (Å²) in [5.41, 5.74) is -2.54. The van der Waals surface area contributed by atoms with Crippen LogP contribution in [0.5, 0.6) is 5.75 Å². The summed E-state index contributed by atoms with van der Waals surface area (Å²) in [6.07, 6.45) is -0.953. The van der Waals surface area contributed by atoms with Gasteiger partial charge in [0, 0.05) is 11.6 Å². The Hall–Kier alpha value is -4.39. The highest BCUT2D eigenvalue weighted by Gasteiger charge is 2.38. The second-order valence-electron chi connectivity index (χ2n) is 9.35. The highest BCUT2D eigenvalue weighted by Crippen LogP contribution is 2.34. The minimum atomic E-state index is -4.13. The number of benzene rings is 4. The summed E-state index contributed by atoms with van der Waals surface area (Å²) in [6, 6.07) is 8.10. The predicted molar refractivity (Wildman–Crippen MR) is 138 cm³/mol. The Morgan fingerprint density at radius 1 is 0.667 bits per heavy atom. The lowest BCUT2D eigenvalue weighted by molar-refractivity contribution is -0.187. The zero-order valence-electron chi connectivity index (χ0n) is 21.9. The first kappa shape index (κ1) is 30.6. The summed E-state index contributed by atoms with van der Waals surface area (Å²) < 4.78 is 132. The van der Waals surface area contributed by atoms with Crippen LogP contribution in [0.3, 0.4) is 0 Å². The van der Waals surface area contributed by atoms with Crippen molar-refractivity contribution < 1.29 is 44.3 Å². The first-order chi connectivity index (χ1) is 19.9. The maximum absolute atomic E-state index is 14.7. The van der Waals surface area contributed by atoms with Crippen LogP contribution in [0.1, 0.15) is 48.4 Å². The second kappa shape index (κ2) is 12.6. The monoisotopic (exact) mass is 592 g/mol. The van der Waals surface area contributed by atoms with Crippen molar-refractivity contribution in [1.29, 1.82) is 0 Å². The normalized spacial score (nSPS) is 11.3. The molecule has 0 unspecified atom stereocenters. The van der Waals surface area contributed by atoms with E-state index >= 15 is 0 Å². The van der Waals surface area contributed by atoms with E-state index < -0.39 is 69.3 Å². The standard InChI is InChI=1S/C32H21F9O/c1-2-3-4-5-18-7-11-23(25(34)12-18)32(40,41)42-22-10-9-20(24(33)17-22)8-6-19-13-26(35)30(27(36)14-19)21-15-28(37)31(39)29(38)16-21/h7,9-17H,2-5H2,1H3. The van der Waals surface area contributed by atoms with E-state index in [0.717, 1.165) is 43.5 Å². The molecule has 0 amide bonds. The molecule has 0 fully saturated rings. The maximum Gasteiger partial charge on any atom is 0.429 e.